The van der Waals surface area contributed by atoms with Crippen LogP contribution in [0.4, 0.5) is 14.5 Å². The average Bonchev–Trinajstić information content (AvgIpc) is 3.25. The van der Waals surface area contributed by atoms with Crippen LogP contribution in [0.25, 0.3) is 11.5 Å². The lowest BCUT2D eigenvalue weighted by Gasteiger charge is -2.10. The lowest BCUT2D eigenvalue weighted by atomic mass is 10.1. The number of nitrogens with one attached hydrogen (secondary N) is 2. The zero-order valence-electron chi connectivity index (χ0n) is 18.9. The number of halogens is 2. The Morgan fingerprint density at radius 2 is 1.94 bits per heavy atom. The van der Waals surface area contributed by atoms with Gasteiger partial charge in [0.05, 0.1) is 6.54 Å². The molecular weight excluding hydrogens is 456 g/mol. The molecule has 4 aromatic rings. The first-order valence-corrected chi connectivity index (χ1v) is 10.8. The van der Waals surface area contributed by atoms with Gasteiger partial charge in [-0.3, -0.25) is 4.79 Å². The van der Waals surface area contributed by atoms with Crippen molar-refractivity contribution < 1.29 is 18.3 Å². The number of hydrogen-bond acceptors (Lipinski definition) is 7. The molecule has 180 valence electrons. The molecule has 0 atom stereocenters. The SMILES string of the molecule is Cn1c(CNc2cccc(C(=O)NCc3cccc(OCC(F)F)c3)c2)nnc1-c1ccncn1. The largest absolute Gasteiger partial charge is 0.488 e. The van der Waals surface area contributed by atoms with Gasteiger partial charge in [-0.05, 0) is 42.0 Å². The number of carbonyl (C=O) groups excluding carboxylic acids is 1. The molecule has 2 N–H and O–H groups in total. The van der Waals surface area contributed by atoms with Gasteiger partial charge >= 0.3 is 0 Å². The maximum absolute atomic E-state index is 12.7. The van der Waals surface area contributed by atoms with E-state index in [0.717, 1.165) is 11.3 Å². The number of hydrogen-bond donors (Lipinski definition) is 2. The quantitative estimate of drug-likeness (QED) is 0.359. The van der Waals surface area contributed by atoms with Crippen molar-refractivity contribution in [2.45, 2.75) is 19.5 Å². The number of aromatic nitrogens is 5. The third-order valence-corrected chi connectivity index (χ3v) is 5.08. The highest BCUT2D eigenvalue weighted by molar-refractivity contribution is 5.95. The summed E-state index contributed by atoms with van der Waals surface area (Å²) in [6.45, 7) is -0.0515. The molecule has 0 aliphatic rings. The van der Waals surface area contributed by atoms with Crippen LogP contribution in [0.1, 0.15) is 21.7 Å². The van der Waals surface area contributed by atoms with E-state index >= 15 is 0 Å². The topological polar surface area (TPSA) is 107 Å². The van der Waals surface area contributed by atoms with Gasteiger partial charge in [0.2, 0.25) is 0 Å². The fraction of sp³-hybridized carbons (Fsp3) is 0.208. The lowest BCUT2D eigenvalue weighted by molar-refractivity contribution is 0.0818. The van der Waals surface area contributed by atoms with Crippen LogP contribution in [0.5, 0.6) is 5.75 Å². The van der Waals surface area contributed by atoms with Crippen molar-refractivity contribution in [3.05, 3.63) is 84.1 Å². The summed E-state index contributed by atoms with van der Waals surface area (Å²) in [5.41, 5.74) is 2.62. The van der Waals surface area contributed by atoms with Gasteiger partial charge in [-0.15, -0.1) is 10.2 Å². The van der Waals surface area contributed by atoms with Crippen LogP contribution in [0, 0.1) is 0 Å². The molecule has 11 heteroatoms. The van der Waals surface area contributed by atoms with Crippen molar-refractivity contribution in [2.24, 2.45) is 7.05 Å². The van der Waals surface area contributed by atoms with Gasteiger partial charge in [0, 0.05) is 31.0 Å². The van der Waals surface area contributed by atoms with E-state index in [4.69, 9.17) is 4.74 Å². The minimum Gasteiger partial charge on any atom is -0.488 e. The number of carbonyl (C=O) groups is 1. The molecule has 2 aromatic heterocycles. The summed E-state index contributed by atoms with van der Waals surface area (Å²) in [5, 5.41) is 14.5. The molecule has 0 fully saturated rings. The summed E-state index contributed by atoms with van der Waals surface area (Å²) >= 11 is 0. The smallest absolute Gasteiger partial charge is 0.272 e. The minimum atomic E-state index is -2.55. The normalized spacial score (nSPS) is 10.9. The third kappa shape index (κ3) is 6.34. The highest BCUT2D eigenvalue weighted by Crippen LogP contribution is 2.17. The fourth-order valence-corrected chi connectivity index (χ4v) is 3.30. The predicted octanol–water partition coefficient (Wildman–Crippen LogP) is 3.46. The number of anilines is 1. The number of alkyl halides is 2. The van der Waals surface area contributed by atoms with Gasteiger partial charge in [0.15, 0.2) is 11.6 Å². The first-order chi connectivity index (χ1) is 17.0. The zero-order chi connectivity index (χ0) is 24.6. The van der Waals surface area contributed by atoms with Crippen molar-refractivity contribution in [1.82, 2.24) is 30.0 Å². The summed E-state index contributed by atoms with van der Waals surface area (Å²) in [6.07, 6.45) is 0.549. The predicted molar refractivity (Wildman–Crippen MR) is 125 cm³/mol. The van der Waals surface area contributed by atoms with E-state index in [0.29, 0.717) is 35.2 Å². The minimum absolute atomic E-state index is 0.229. The van der Waals surface area contributed by atoms with E-state index in [2.05, 4.69) is 30.8 Å². The molecule has 1 amide bonds. The summed E-state index contributed by atoms with van der Waals surface area (Å²) in [5.74, 6) is 1.38. The Hall–Kier alpha value is -4.41. The highest BCUT2D eigenvalue weighted by Gasteiger charge is 2.12. The van der Waals surface area contributed by atoms with Gasteiger partial charge in [-0.25, -0.2) is 18.7 Å². The van der Waals surface area contributed by atoms with Gasteiger partial charge in [0.25, 0.3) is 12.3 Å². The van der Waals surface area contributed by atoms with E-state index in [1.165, 1.54) is 6.33 Å². The Labute approximate surface area is 200 Å². The van der Waals surface area contributed by atoms with E-state index in [-0.39, 0.29) is 12.5 Å². The molecule has 0 bridgehead atoms. The number of rotatable bonds is 10. The molecule has 2 aromatic carbocycles. The molecule has 0 radical (unpaired) electrons. The first kappa shape index (κ1) is 23.7. The summed E-state index contributed by atoms with van der Waals surface area (Å²) < 4.78 is 31.5. The molecule has 0 aliphatic carbocycles. The number of ether oxygens (including phenoxy) is 1. The van der Waals surface area contributed by atoms with Crippen LogP contribution >= 0.6 is 0 Å². The zero-order valence-corrected chi connectivity index (χ0v) is 18.9. The van der Waals surface area contributed by atoms with E-state index in [1.807, 2.05) is 17.7 Å². The maximum Gasteiger partial charge on any atom is 0.272 e. The number of benzene rings is 2. The van der Waals surface area contributed by atoms with Gasteiger partial charge in [0.1, 0.15) is 24.4 Å². The highest BCUT2D eigenvalue weighted by atomic mass is 19.3. The molecule has 0 unspecified atom stereocenters. The molecule has 35 heavy (non-hydrogen) atoms. The molecule has 4 rings (SSSR count). The Bertz CT molecular complexity index is 1280. The molecule has 2 heterocycles. The molecule has 0 saturated heterocycles. The van der Waals surface area contributed by atoms with Gasteiger partial charge < -0.3 is 19.9 Å². The Morgan fingerprint density at radius 1 is 1.09 bits per heavy atom. The van der Waals surface area contributed by atoms with Gasteiger partial charge in [-0.2, -0.15) is 0 Å². The lowest BCUT2D eigenvalue weighted by Crippen LogP contribution is -2.23. The summed E-state index contributed by atoms with van der Waals surface area (Å²) in [6, 6.07) is 15.5. The van der Waals surface area contributed by atoms with E-state index in [9.17, 15) is 13.6 Å². The number of amides is 1. The molecule has 0 saturated carbocycles. The molecule has 0 aliphatic heterocycles. The monoisotopic (exact) mass is 479 g/mol. The van der Waals surface area contributed by atoms with Crippen molar-refractivity contribution in [3.63, 3.8) is 0 Å². The summed E-state index contributed by atoms with van der Waals surface area (Å²) in [7, 11) is 1.85. The third-order valence-electron chi connectivity index (χ3n) is 5.08. The molecular formula is C24H23F2N7O2. The van der Waals surface area contributed by atoms with Crippen LogP contribution in [-0.4, -0.2) is 43.7 Å². The van der Waals surface area contributed by atoms with Crippen LogP contribution in [0.2, 0.25) is 0 Å². The standard InChI is InChI=1S/C24H23F2N7O2/c1-33-22(31-32-23(33)20-8-9-27-15-30-20)13-28-18-6-3-5-17(11-18)24(34)29-12-16-4-2-7-19(10-16)35-14-21(25)26/h2-11,15,21,28H,12-14H2,1H3,(H,29,34). The van der Waals surface area contributed by atoms with Crippen LogP contribution in [-0.2, 0) is 20.1 Å². The van der Waals surface area contributed by atoms with Crippen molar-refractivity contribution in [2.75, 3.05) is 11.9 Å². The van der Waals surface area contributed by atoms with E-state index < -0.39 is 13.0 Å². The molecule has 0 spiro atoms. The average molecular weight is 479 g/mol. The first-order valence-electron chi connectivity index (χ1n) is 10.8. The second kappa shape index (κ2) is 11.1. The Morgan fingerprint density at radius 3 is 2.74 bits per heavy atom. The van der Waals surface area contributed by atoms with Crippen LogP contribution in [0.15, 0.2) is 67.1 Å². The second-order valence-electron chi connectivity index (χ2n) is 7.56. The maximum atomic E-state index is 12.7. The fourth-order valence-electron chi connectivity index (χ4n) is 3.30. The van der Waals surface area contributed by atoms with Gasteiger partial charge in [-0.1, -0.05) is 18.2 Å². The number of nitrogens with zero attached hydrogens (tertiary/aromatic N) is 5. The Kier molecular flexibility index (Phi) is 7.56. The van der Waals surface area contributed by atoms with Crippen LogP contribution < -0.4 is 15.4 Å². The van der Waals surface area contributed by atoms with Crippen molar-refractivity contribution in [3.8, 4) is 17.3 Å². The summed E-state index contributed by atoms with van der Waals surface area (Å²) in [4.78, 5) is 20.8. The molecule has 9 nitrogen and oxygen atoms in total. The Balaban J connectivity index is 1.34. The van der Waals surface area contributed by atoms with Crippen molar-refractivity contribution in [1.29, 1.82) is 0 Å². The van der Waals surface area contributed by atoms with E-state index in [1.54, 1.807) is 54.7 Å². The van der Waals surface area contributed by atoms with Crippen molar-refractivity contribution >= 4 is 11.6 Å². The van der Waals surface area contributed by atoms with Crippen LogP contribution in [0.3, 0.4) is 0 Å². The second-order valence-corrected chi connectivity index (χ2v) is 7.56.